The fourth-order valence-electron chi connectivity index (χ4n) is 2.77. The van der Waals surface area contributed by atoms with Crippen LogP contribution in [0.15, 0.2) is 29.4 Å². The van der Waals surface area contributed by atoms with Crippen LogP contribution in [0.4, 0.5) is 0 Å². The molecule has 1 aromatic carbocycles. The molecule has 0 saturated heterocycles. The van der Waals surface area contributed by atoms with Crippen molar-refractivity contribution in [3.8, 4) is 0 Å². The van der Waals surface area contributed by atoms with E-state index in [0.29, 0.717) is 25.9 Å². The van der Waals surface area contributed by atoms with Gasteiger partial charge in [-0.3, -0.25) is 4.79 Å². The predicted molar refractivity (Wildman–Crippen MR) is 70.6 cm³/mol. The molecule has 3 rings (SSSR count). The maximum absolute atomic E-state index is 12.5. The van der Waals surface area contributed by atoms with Gasteiger partial charge >= 0.3 is 0 Å². The van der Waals surface area contributed by atoms with Crippen molar-refractivity contribution < 1.29 is 10.0 Å². The van der Waals surface area contributed by atoms with Crippen LogP contribution in [-0.4, -0.2) is 28.4 Å². The molecule has 1 saturated carbocycles. The van der Waals surface area contributed by atoms with Crippen LogP contribution >= 0.6 is 0 Å². The highest BCUT2D eigenvalue weighted by atomic mass is 16.4. The zero-order valence-electron chi connectivity index (χ0n) is 10.7. The number of fused-ring (bicyclic) bond motifs is 1. The van der Waals surface area contributed by atoms with E-state index in [1.807, 2.05) is 17.0 Å². The Morgan fingerprint density at radius 1 is 1.32 bits per heavy atom. The number of oxime groups is 1. The molecule has 1 amide bonds. The van der Waals surface area contributed by atoms with E-state index < -0.39 is 5.41 Å². The molecule has 1 aliphatic heterocycles. The van der Waals surface area contributed by atoms with E-state index in [1.165, 1.54) is 11.1 Å². The summed E-state index contributed by atoms with van der Waals surface area (Å²) < 4.78 is 0. The second-order valence-corrected chi connectivity index (χ2v) is 5.31. The van der Waals surface area contributed by atoms with E-state index in [2.05, 4.69) is 17.3 Å². The first-order valence-corrected chi connectivity index (χ1v) is 6.51. The number of benzene rings is 1. The Morgan fingerprint density at radius 3 is 2.63 bits per heavy atom. The number of hydrogen-bond acceptors (Lipinski definition) is 3. The summed E-state index contributed by atoms with van der Waals surface area (Å²) in [4.78, 5) is 14.4. The standard InChI is InChI=1S/C14H17N3O2/c15-12(16-19)14(6-7-14)13(18)17-8-5-10-3-1-2-4-11(10)9-17/h1-4,19H,5-9H2,(H2,15,16). The van der Waals surface area contributed by atoms with Gasteiger partial charge in [-0.25, -0.2) is 0 Å². The summed E-state index contributed by atoms with van der Waals surface area (Å²) in [7, 11) is 0. The number of rotatable bonds is 2. The number of carbonyl (C=O) groups is 1. The largest absolute Gasteiger partial charge is 0.409 e. The lowest BCUT2D eigenvalue weighted by Crippen LogP contribution is -2.45. The number of amides is 1. The highest BCUT2D eigenvalue weighted by Crippen LogP contribution is 2.48. The molecular weight excluding hydrogens is 242 g/mol. The van der Waals surface area contributed by atoms with Gasteiger partial charge in [0.1, 0.15) is 5.41 Å². The van der Waals surface area contributed by atoms with E-state index in [4.69, 9.17) is 10.9 Å². The molecule has 100 valence electrons. The molecular formula is C14H17N3O2. The van der Waals surface area contributed by atoms with E-state index in [0.717, 1.165) is 6.42 Å². The molecule has 5 nitrogen and oxygen atoms in total. The Morgan fingerprint density at radius 2 is 2.00 bits per heavy atom. The SMILES string of the molecule is N/C(=N/O)C1(C(=O)N2CCc3ccccc3C2)CC1. The van der Waals surface area contributed by atoms with E-state index >= 15 is 0 Å². The third-order valence-corrected chi connectivity index (χ3v) is 4.18. The molecule has 1 aliphatic carbocycles. The molecule has 1 fully saturated rings. The first kappa shape index (κ1) is 12.0. The van der Waals surface area contributed by atoms with Crippen LogP contribution in [0.25, 0.3) is 0 Å². The van der Waals surface area contributed by atoms with Crippen LogP contribution in [0.2, 0.25) is 0 Å². The zero-order valence-corrected chi connectivity index (χ0v) is 10.7. The summed E-state index contributed by atoms with van der Waals surface area (Å²) in [6.45, 7) is 1.33. The average molecular weight is 259 g/mol. The molecule has 0 radical (unpaired) electrons. The van der Waals surface area contributed by atoms with Gasteiger partial charge in [-0.1, -0.05) is 29.4 Å². The van der Waals surface area contributed by atoms with Crippen molar-refractivity contribution >= 4 is 11.7 Å². The normalized spacial score (nSPS) is 20.8. The maximum Gasteiger partial charge on any atom is 0.236 e. The third-order valence-electron chi connectivity index (χ3n) is 4.18. The highest BCUT2D eigenvalue weighted by molar-refractivity contribution is 6.09. The summed E-state index contributed by atoms with van der Waals surface area (Å²) in [5, 5.41) is 11.8. The van der Waals surface area contributed by atoms with Crippen LogP contribution in [0.5, 0.6) is 0 Å². The summed E-state index contributed by atoms with van der Waals surface area (Å²) >= 11 is 0. The van der Waals surface area contributed by atoms with Gasteiger partial charge in [0.15, 0.2) is 5.84 Å². The predicted octanol–water partition coefficient (Wildman–Crippen LogP) is 1.10. The number of carbonyl (C=O) groups excluding carboxylic acids is 1. The summed E-state index contributed by atoms with van der Waals surface area (Å²) in [6.07, 6.45) is 2.23. The number of amidine groups is 1. The second-order valence-electron chi connectivity index (χ2n) is 5.31. The van der Waals surface area contributed by atoms with E-state index in [1.54, 1.807) is 0 Å². The van der Waals surface area contributed by atoms with Crippen molar-refractivity contribution in [3.63, 3.8) is 0 Å². The van der Waals surface area contributed by atoms with Gasteiger partial charge in [-0.2, -0.15) is 0 Å². The van der Waals surface area contributed by atoms with Crippen LogP contribution in [0.1, 0.15) is 24.0 Å². The van der Waals surface area contributed by atoms with Gasteiger partial charge in [-0.15, -0.1) is 0 Å². The minimum absolute atomic E-state index is 0.00250. The maximum atomic E-state index is 12.5. The first-order chi connectivity index (χ1) is 9.17. The summed E-state index contributed by atoms with van der Waals surface area (Å²) in [5.41, 5.74) is 7.43. The molecule has 1 aromatic rings. The van der Waals surface area contributed by atoms with Gasteiger partial charge in [-0.05, 0) is 30.4 Å². The van der Waals surface area contributed by atoms with Crippen LogP contribution in [0, 0.1) is 5.41 Å². The summed E-state index contributed by atoms with van der Waals surface area (Å²) in [5.74, 6) is 0.0497. The van der Waals surface area contributed by atoms with Gasteiger partial charge in [0.05, 0.1) is 0 Å². The van der Waals surface area contributed by atoms with E-state index in [9.17, 15) is 4.79 Å². The smallest absolute Gasteiger partial charge is 0.236 e. The lowest BCUT2D eigenvalue weighted by Gasteiger charge is -2.31. The van der Waals surface area contributed by atoms with E-state index in [-0.39, 0.29) is 11.7 Å². The minimum Gasteiger partial charge on any atom is -0.409 e. The molecule has 5 heteroatoms. The topological polar surface area (TPSA) is 78.9 Å². The van der Waals surface area contributed by atoms with Gasteiger partial charge in [0, 0.05) is 13.1 Å². The summed E-state index contributed by atoms with van der Waals surface area (Å²) in [6, 6.07) is 8.17. The molecule has 0 atom stereocenters. The Hall–Kier alpha value is -2.04. The fraction of sp³-hybridized carbons (Fsp3) is 0.429. The third kappa shape index (κ3) is 1.85. The second kappa shape index (κ2) is 4.26. The minimum atomic E-state index is -0.735. The molecule has 1 heterocycles. The van der Waals surface area contributed by atoms with Crippen molar-refractivity contribution in [1.82, 2.24) is 4.90 Å². The Balaban J connectivity index is 1.81. The number of nitrogens with two attached hydrogens (primary N) is 1. The van der Waals surface area contributed by atoms with Crippen LogP contribution in [0.3, 0.4) is 0 Å². The quantitative estimate of drug-likeness (QED) is 0.361. The Kier molecular flexibility index (Phi) is 2.69. The van der Waals surface area contributed by atoms with Crippen molar-refractivity contribution in [1.29, 1.82) is 0 Å². The highest BCUT2D eigenvalue weighted by Gasteiger charge is 2.55. The van der Waals surface area contributed by atoms with Crippen molar-refractivity contribution in [2.75, 3.05) is 6.54 Å². The van der Waals surface area contributed by atoms with Gasteiger partial charge < -0.3 is 15.8 Å². The van der Waals surface area contributed by atoms with Crippen molar-refractivity contribution in [2.45, 2.75) is 25.8 Å². The molecule has 0 aromatic heterocycles. The molecule has 0 spiro atoms. The molecule has 0 bridgehead atoms. The number of nitrogens with zero attached hydrogens (tertiary/aromatic N) is 2. The van der Waals surface area contributed by atoms with Crippen LogP contribution < -0.4 is 5.73 Å². The van der Waals surface area contributed by atoms with Gasteiger partial charge in [0.25, 0.3) is 0 Å². The zero-order chi connectivity index (χ0) is 13.5. The Bertz CT molecular complexity index is 549. The first-order valence-electron chi connectivity index (χ1n) is 6.51. The monoisotopic (exact) mass is 259 g/mol. The lowest BCUT2D eigenvalue weighted by molar-refractivity contribution is -0.135. The van der Waals surface area contributed by atoms with Crippen molar-refractivity contribution in [3.05, 3.63) is 35.4 Å². The fourth-order valence-corrected chi connectivity index (χ4v) is 2.77. The average Bonchev–Trinajstić information content (AvgIpc) is 3.26. The van der Waals surface area contributed by atoms with Gasteiger partial charge in [0.2, 0.25) is 5.91 Å². The molecule has 3 N–H and O–H groups in total. The van der Waals surface area contributed by atoms with Crippen molar-refractivity contribution in [2.24, 2.45) is 16.3 Å². The molecule has 2 aliphatic rings. The van der Waals surface area contributed by atoms with Crippen LogP contribution in [-0.2, 0) is 17.8 Å². The lowest BCUT2D eigenvalue weighted by atomic mass is 9.97. The molecule has 19 heavy (non-hydrogen) atoms. The molecule has 0 unspecified atom stereocenters. The Labute approximate surface area is 111 Å². The number of hydrogen-bond donors (Lipinski definition) is 2.